The van der Waals surface area contributed by atoms with Crippen LogP contribution in [0.1, 0.15) is 11.5 Å². The Balaban J connectivity index is 1.92. The molecule has 2 rings (SSSR count). The molecule has 0 aliphatic carbocycles. The van der Waals surface area contributed by atoms with Gasteiger partial charge in [-0.1, -0.05) is 0 Å². The Morgan fingerprint density at radius 1 is 1.40 bits per heavy atom. The molecule has 0 fully saturated rings. The summed E-state index contributed by atoms with van der Waals surface area (Å²) in [7, 11) is 1.90. The maximum absolute atomic E-state index is 8.88. The van der Waals surface area contributed by atoms with Gasteiger partial charge in [-0.3, -0.25) is 0 Å². The third-order valence-electron chi connectivity index (χ3n) is 2.84. The molecular formula is C14H16N4O2. The van der Waals surface area contributed by atoms with Crippen LogP contribution in [0.2, 0.25) is 0 Å². The standard InChI is InChI=1S/C14H16N4O2/c1-18(6-7-19)11-2-5-14(16-9-11)17-10-13-4-3-12(8-15)20-13/h2-5,9,19H,6-7,10H2,1H3,(H,16,17). The topological polar surface area (TPSA) is 85.3 Å². The average molecular weight is 272 g/mol. The van der Waals surface area contributed by atoms with Crippen molar-refractivity contribution in [2.24, 2.45) is 0 Å². The number of pyridine rings is 1. The molecule has 0 aromatic carbocycles. The van der Waals surface area contributed by atoms with E-state index in [1.165, 1.54) is 0 Å². The van der Waals surface area contributed by atoms with Gasteiger partial charge in [0.15, 0.2) is 0 Å². The van der Waals surface area contributed by atoms with Crippen LogP contribution < -0.4 is 10.2 Å². The first-order chi connectivity index (χ1) is 9.72. The molecule has 0 atom stereocenters. The van der Waals surface area contributed by atoms with Crippen molar-refractivity contribution in [3.05, 3.63) is 42.0 Å². The van der Waals surface area contributed by atoms with E-state index in [-0.39, 0.29) is 6.61 Å². The van der Waals surface area contributed by atoms with Crippen LogP contribution in [-0.4, -0.2) is 30.3 Å². The second-order valence-electron chi connectivity index (χ2n) is 4.28. The van der Waals surface area contributed by atoms with E-state index in [1.807, 2.05) is 30.1 Å². The molecule has 0 aliphatic rings. The lowest BCUT2D eigenvalue weighted by Crippen LogP contribution is -2.21. The van der Waals surface area contributed by atoms with Crippen LogP contribution >= 0.6 is 0 Å². The van der Waals surface area contributed by atoms with Gasteiger partial charge in [0.1, 0.15) is 17.6 Å². The van der Waals surface area contributed by atoms with E-state index in [4.69, 9.17) is 14.8 Å². The van der Waals surface area contributed by atoms with Crippen LogP contribution in [0.5, 0.6) is 0 Å². The summed E-state index contributed by atoms with van der Waals surface area (Å²) in [6.45, 7) is 1.15. The van der Waals surface area contributed by atoms with Gasteiger partial charge in [-0.05, 0) is 24.3 Å². The van der Waals surface area contributed by atoms with Gasteiger partial charge in [-0.15, -0.1) is 0 Å². The lowest BCUT2D eigenvalue weighted by atomic mass is 10.3. The molecule has 2 N–H and O–H groups in total. The first kappa shape index (κ1) is 13.9. The number of hydrogen-bond donors (Lipinski definition) is 2. The summed E-state index contributed by atoms with van der Waals surface area (Å²) in [5, 5.41) is 20.7. The zero-order valence-corrected chi connectivity index (χ0v) is 11.2. The van der Waals surface area contributed by atoms with Crippen molar-refractivity contribution in [3.63, 3.8) is 0 Å². The summed E-state index contributed by atoms with van der Waals surface area (Å²) < 4.78 is 5.26. The van der Waals surface area contributed by atoms with E-state index in [2.05, 4.69) is 10.3 Å². The Labute approximate surface area is 117 Å². The summed E-state index contributed by atoms with van der Waals surface area (Å²) in [4.78, 5) is 6.20. The number of rotatable bonds is 6. The molecule has 0 unspecified atom stereocenters. The van der Waals surface area contributed by atoms with Gasteiger partial charge < -0.3 is 19.7 Å². The van der Waals surface area contributed by atoms with Gasteiger partial charge in [0.05, 0.1) is 25.0 Å². The molecule has 2 heterocycles. The summed E-state index contributed by atoms with van der Waals surface area (Å²) in [6.07, 6.45) is 1.74. The number of furan rings is 1. The van der Waals surface area contributed by atoms with Gasteiger partial charge in [0.25, 0.3) is 0 Å². The highest BCUT2D eigenvalue weighted by Crippen LogP contribution is 2.14. The summed E-state index contributed by atoms with van der Waals surface area (Å²) in [5.74, 6) is 1.71. The van der Waals surface area contributed by atoms with Crippen LogP contribution in [0.3, 0.4) is 0 Å². The average Bonchev–Trinajstić information content (AvgIpc) is 2.94. The van der Waals surface area contributed by atoms with Crippen LogP contribution in [0.4, 0.5) is 11.5 Å². The van der Waals surface area contributed by atoms with Gasteiger partial charge >= 0.3 is 0 Å². The van der Waals surface area contributed by atoms with E-state index >= 15 is 0 Å². The molecule has 0 amide bonds. The second-order valence-corrected chi connectivity index (χ2v) is 4.28. The molecule has 0 bridgehead atoms. The molecule has 6 nitrogen and oxygen atoms in total. The van der Waals surface area contributed by atoms with Crippen molar-refractivity contribution in [3.8, 4) is 6.07 Å². The zero-order chi connectivity index (χ0) is 14.4. The lowest BCUT2D eigenvalue weighted by Gasteiger charge is -2.17. The second kappa shape index (κ2) is 6.59. The monoisotopic (exact) mass is 272 g/mol. The molecule has 0 saturated carbocycles. The minimum absolute atomic E-state index is 0.107. The van der Waals surface area contributed by atoms with Crippen molar-refractivity contribution in [1.82, 2.24) is 4.98 Å². The molecule has 0 aliphatic heterocycles. The maximum atomic E-state index is 8.88. The highest BCUT2D eigenvalue weighted by atomic mass is 16.3. The Kier molecular flexibility index (Phi) is 4.58. The van der Waals surface area contributed by atoms with Crippen molar-refractivity contribution < 1.29 is 9.52 Å². The molecular weight excluding hydrogens is 256 g/mol. The van der Waals surface area contributed by atoms with Gasteiger partial charge in [-0.25, -0.2) is 4.98 Å². The van der Waals surface area contributed by atoms with Crippen LogP contribution in [0.15, 0.2) is 34.9 Å². The predicted molar refractivity (Wildman–Crippen MR) is 75.3 cm³/mol. The third kappa shape index (κ3) is 3.49. The smallest absolute Gasteiger partial charge is 0.203 e. The molecule has 6 heteroatoms. The molecule has 2 aromatic heterocycles. The van der Waals surface area contributed by atoms with Crippen molar-refractivity contribution in [2.75, 3.05) is 30.4 Å². The Hall–Kier alpha value is -2.52. The fourth-order valence-electron chi connectivity index (χ4n) is 1.71. The first-order valence-corrected chi connectivity index (χ1v) is 6.23. The van der Waals surface area contributed by atoms with Crippen molar-refractivity contribution in [2.45, 2.75) is 6.54 Å². The van der Waals surface area contributed by atoms with Crippen molar-refractivity contribution >= 4 is 11.5 Å². The molecule has 0 spiro atoms. The zero-order valence-electron chi connectivity index (χ0n) is 11.2. The van der Waals surface area contributed by atoms with E-state index in [0.29, 0.717) is 24.6 Å². The van der Waals surface area contributed by atoms with Gasteiger partial charge in [-0.2, -0.15) is 5.26 Å². The number of aliphatic hydroxyl groups excluding tert-OH is 1. The molecule has 0 saturated heterocycles. The number of aliphatic hydroxyl groups is 1. The van der Waals surface area contributed by atoms with Crippen LogP contribution in [0, 0.1) is 11.3 Å². The van der Waals surface area contributed by atoms with E-state index in [9.17, 15) is 0 Å². The van der Waals surface area contributed by atoms with E-state index < -0.39 is 0 Å². The van der Waals surface area contributed by atoms with Gasteiger partial charge in [0.2, 0.25) is 5.76 Å². The minimum atomic E-state index is 0.107. The number of likely N-dealkylation sites (N-methyl/N-ethyl adjacent to an activating group) is 1. The van der Waals surface area contributed by atoms with E-state index in [1.54, 1.807) is 18.3 Å². The summed E-state index contributed by atoms with van der Waals surface area (Å²) in [6, 6.07) is 9.12. The molecule has 104 valence electrons. The fraction of sp³-hybridized carbons (Fsp3) is 0.286. The summed E-state index contributed by atoms with van der Waals surface area (Å²) in [5.41, 5.74) is 0.939. The molecule has 20 heavy (non-hydrogen) atoms. The Morgan fingerprint density at radius 2 is 2.25 bits per heavy atom. The highest BCUT2D eigenvalue weighted by Gasteiger charge is 2.03. The highest BCUT2D eigenvalue weighted by molar-refractivity contribution is 5.48. The number of anilines is 2. The molecule has 0 radical (unpaired) electrons. The van der Waals surface area contributed by atoms with Crippen LogP contribution in [-0.2, 0) is 6.54 Å². The minimum Gasteiger partial charge on any atom is -0.449 e. The van der Waals surface area contributed by atoms with Gasteiger partial charge in [0, 0.05) is 13.6 Å². The lowest BCUT2D eigenvalue weighted by molar-refractivity contribution is 0.304. The quantitative estimate of drug-likeness (QED) is 0.830. The normalized spacial score (nSPS) is 10.1. The number of aromatic nitrogens is 1. The number of nitrogens with zero attached hydrogens (tertiary/aromatic N) is 3. The largest absolute Gasteiger partial charge is 0.449 e. The number of nitriles is 1. The molecule has 2 aromatic rings. The van der Waals surface area contributed by atoms with Crippen molar-refractivity contribution in [1.29, 1.82) is 5.26 Å². The number of nitrogens with one attached hydrogen (secondary N) is 1. The fourth-order valence-corrected chi connectivity index (χ4v) is 1.71. The Bertz CT molecular complexity index is 586. The third-order valence-corrected chi connectivity index (χ3v) is 2.84. The Morgan fingerprint density at radius 3 is 2.85 bits per heavy atom. The van der Waals surface area contributed by atoms with Crippen LogP contribution in [0.25, 0.3) is 0 Å². The first-order valence-electron chi connectivity index (χ1n) is 6.23. The SMILES string of the molecule is CN(CCO)c1ccc(NCc2ccc(C#N)o2)nc1. The van der Waals surface area contributed by atoms with E-state index in [0.717, 1.165) is 11.5 Å². The predicted octanol–water partition coefficient (Wildman–Crippen LogP) is 1.59. The maximum Gasteiger partial charge on any atom is 0.203 e. The summed E-state index contributed by atoms with van der Waals surface area (Å²) >= 11 is 0. The number of hydrogen-bond acceptors (Lipinski definition) is 6.